The molecule has 10 heteroatoms. The summed E-state index contributed by atoms with van der Waals surface area (Å²) in [4.78, 5) is 8.24. The highest BCUT2D eigenvalue weighted by Crippen LogP contribution is 2.33. The molecule has 3 aromatic rings. The molecule has 7 nitrogen and oxygen atoms in total. The van der Waals surface area contributed by atoms with E-state index in [1.165, 1.54) is 36.8 Å². The number of halogens is 2. The van der Waals surface area contributed by atoms with Gasteiger partial charge in [-0.3, -0.25) is 0 Å². The molecule has 1 fully saturated rings. The van der Waals surface area contributed by atoms with Gasteiger partial charge in [0.05, 0.1) is 35.5 Å². The van der Waals surface area contributed by atoms with Crippen LogP contribution in [0, 0.1) is 11.6 Å². The number of rotatable bonds is 6. The average Bonchev–Trinajstić information content (AvgIpc) is 3.15. The van der Waals surface area contributed by atoms with Crippen molar-refractivity contribution in [2.24, 2.45) is 0 Å². The molecule has 2 unspecified atom stereocenters. The molecule has 0 aliphatic carbocycles. The summed E-state index contributed by atoms with van der Waals surface area (Å²) in [5, 5.41) is 3.15. The molecule has 0 amide bonds. The lowest BCUT2D eigenvalue weighted by molar-refractivity contribution is 0.141. The molecule has 2 heterocycles. The second kappa shape index (κ2) is 8.04. The minimum Gasteiger partial charge on any atom is -0.486 e. The Bertz CT molecular complexity index is 1200. The largest absolute Gasteiger partial charge is 0.486 e. The van der Waals surface area contributed by atoms with E-state index in [2.05, 4.69) is 25.9 Å². The van der Waals surface area contributed by atoms with E-state index < -0.39 is 21.3 Å². The molecule has 158 valence electrons. The highest BCUT2D eigenvalue weighted by atomic mass is 32.2. The van der Waals surface area contributed by atoms with Crippen molar-refractivity contribution in [3.8, 4) is 5.75 Å². The van der Waals surface area contributed by atoms with E-state index in [1.54, 1.807) is 6.07 Å². The molecule has 0 bridgehead atoms. The van der Waals surface area contributed by atoms with Crippen LogP contribution in [0.5, 0.6) is 5.75 Å². The fourth-order valence-electron chi connectivity index (χ4n) is 3.15. The fourth-order valence-corrected chi connectivity index (χ4v) is 3.77. The van der Waals surface area contributed by atoms with E-state index >= 15 is 0 Å². The van der Waals surface area contributed by atoms with Gasteiger partial charge in [0.25, 0.3) is 0 Å². The van der Waals surface area contributed by atoms with E-state index in [0.717, 1.165) is 0 Å². The molecule has 2 aromatic carbocycles. The van der Waals surface area contributed by atoms with E-state index in [0.29, 0.717) is 36.5 Å². The van der Waals surface area contributed by atoms with Gasteiger partial charge < -0.3 is 19.5 Å². The van der Waals surface area contributed by atoms with Crippen LogP contribution < -0.4 is 14.8 Å². The molecule has 0 radical (unpaired) electrons. The number of hydrogen-bond donors (Lipinski definition) is 2. The number of fused-ring (bicyclic) bond motifs is 1. The molecular formula is C20H20F2N4O3S. The van der Waals surface area contributed by atoms with Crippen LogP contribution in [0.25, 0.3) is 10.9 Å². The smallest absolute Gasteiger partial charge is 0.146 e. The third-order valence-electron chi connectivity index (χ3n) is 4.40. The topological polar surface area (TPSA) is 85.4 Å². The summed E-state index contributed by atoms with van der Waals surface area (Å²) in [7, 11) is -2.58. The van der Waals surface area contributed by atoms with Crippen LogP contribution in [0.2, 0.25) is 0 Å². The Labute approximate surface area is 172 Å². The lowest BCUT2D eigenvalue weighted by atomic mass is 10.2. The number of hydrogen-bond acceptors (Lipinski definition) is 6. The number of benzene rings is 2. The van der Waals surface area contributed by atoms with Gasteiger partial charge in [-0.1, -0.05) is 0 Å². The quantitative estimate of drug-likeness (QED) is 0.578. The minimum absolute atomic E-state index is 0.134. The summed E-state index contributed by atoms with van der Waals surface area (Å²) in [5.74, 6) is 2.90. The number of nitrogens with zero attached hydrogens (tertiary/aromatic N) is 2. The lowest BCUT2D eigenvalue weighted by Gasteiger charge is -2.17. The minimum atomic E-state index is -2.58. The van der Waals surface area contributed by atoms with Gasteiger partial charge in [0.1, 0.15) is 35.6 Å². The molecule has 30 heavy (non-hydrogen) atoms. The maximum absolute atomic E-state index is 14.9. The Balaban J connectivity index is 1.70. The molecule has 0 saturated carbocycles. The van der Waals surface area contributed by atoms with Gasteiger partial charge in [-0.15, -0.1) is 0 Å². The lowest BCUT2D eigenvalue weighted by Crippen LogP contribution is -2.16. The van der Waals surface area contributed by atoms with Gasteiger partial charge in [-0.2, -0.15) is 0 Å². The number of ether oxygens (including phenoxy) is 2. The van der Waals surface area contributed by atoms with Crippen molar-refractivity contribution in [2.45, 2.75) is 12.5 Å². The predicted octanol–water partition coefficient (Wildman–Crippen LogP) is 3.49. The Kier molecular flexibility index (Phi) is 5.44. The SMILES string of the molecule is C=S(C)(=O)Nc1cc(F)c2c(Nc3ccc(F)cc3OC3CCOC3)ncnc2c1. The van der Waals surface area contributed by atoms with Crippen molar-refractivity contribution in [1.82, 2.24) is 9.97 Å². The van der Waals surface area contributed by atoms with Crippen molar-refractivity contribution < 1.29 is 22.5 Å². The van der Waals surface area contributed by atoms with Crippen molar-refractivity contribution in [1.29, 1.82) is 0 Å². The van der Waals surface area contributed by atoms with E-state index in [4.69, 9.17) is 9.47 Å². The third-order valence-corrected chi connectivity index (χ3v) is 5.07. The van der Waals surface area contributed by atoms with E-state index in [9.17, 15) is 13.0 Å². The van der Waals surface area contributed by atoms with Gasteiger partial charge >= 0.3 is 0 Å². The predicted molar refractivity (Wildman–Crippen MR) is 114 cm³/mol. The van der Waals surface area contributed by atoms with Crippen molar-refractivity contribution >= 4 is 43.7 Å². The highest BCUT2D eigenvalue weighted by molar-refractivity contribution is 8.00. The van der Waals surface area contributed by atoms with Gasteiger partial charge in [0.15, 0.2) is 0 Å². The maximum Gasteiger partial charge on any atom is 0.146 e. The van der Waals surface area contributed by atoms with E-state index in [-0.39, 0.29) is 23.1 Å². The van der Waals surface area contributed by atoms with Crippen molar-refractivity contribution in [3.63, 3.8) is 0 Å². The van der Waals surface area contributed by atoms with Gasteiger partial charge in [-0.25, -0.2) is 23.0 Å². The van der Waals surface area contributed by atoms with Crippen LogP contribution in [0.3, 0.4) is 0 Å². The Morgan fingerprint density at radius 2 is 2.10 bits per heavy atom. The first-order valence-corrected chi connectivity index (χ1v) is 11.3. The summed E-state index contributed by atoms with van der Waals surface area (Å²) < 4.78 is 54.4. The molecule has 1 aliphatic rings. The second-order valence-corrected chi connectivity index (χ2v) is 9.26. The number of nitrogens with one attached hydrogen (secondary N) is 2. The van der Waals surface area contributed by atoms with Crippen molar-refractivity contribution in [2.75, 3.05) is 29.5 Å². The first-order valence-electron chi connectivity index (χ1n) is 9.14. The monoisotopic (exact) mass is 434 g/mol. The first kappa shape index (κ1) is 20.3. The van der Waals surface area contributed by atoms with Crippen LogP contribution in [0.4, 0.5) is 26.0 Å². The molecule has 1 aliphatic heterocycles. The molecule has 2 N–H and O–H groups in total. The van der Waals surface area contributed by atoms with Crippen LogP contribution in [-0.4, -0.2) is 45.6 Å². The third kappa shape index (κ3) is 4.60. The zero-order valence-corrected chi connectivity index (χ0v) is 17.0. The Hall–Kier alpha value is -2.98. The molecule has 0 spiro atoms. The van der Waals surface area contributed by atoms with Crippen LogP contribution >= 0.6 is 0 Å². The highest BCUT2D eigenvalue weighted by Gasteiger charge is 2.20. The van der Waals surface area contributed by atoms with E-state index in [1.807, 2.05) is 0 Å². The molecular weight excluding hydrogens is 414 g/mol. The summed E-state index contributed by atoms with van der Waals surface area (Å²) in [6, 6.07) is 6.78. The van der Waals surface area contributed by atoms with Crippen LogP contribution in [0.15, 0.2) is 36.7 Å². The maximum atomic E-state index is 14.9. The number of aromatic nitrogens is 2. The van der Waals surface area contributed by atoms with Crippen LogP contribution in [-0.2, 0) is 14.4 Å². The summed E-state index contributed by atoms with van der Waals surface area (Å²) in [6.07, 6.45) is 3.19. The van der Waals surface area contributed by atoms with Gasteiger partial charge in [-0.05, 0) is 30.1 Å². The Morgan fingerprint density at radius 1 is 1.27 bits per heavy atom. The standard InChI is InChI=1S/C20H20F2N4O3S/c1-30(2,27)26-13-8-15(22)19-17(9-13)23-11-24-20(19)25-16-4-3-12(21)7-18(16)29-14-5-6-28-10-14/h3-4,7-9,11,14H,1,5-6,10H2,2H3,(H,26,27)(H,23,24,25). The first-order chi connectivity index (χ1) is 14.3. The van der Waals surface area contributed by atoms with Gasteiger partial charge in [0, 0.05) is 28.5 Å². The summed E-state index contributed by atoms with van der Waals surface area (Å²) >= 11 is 0. The molecule has 2 atom stereocenters. The zero-order valence-electron chi connectivity index (χ0n) is 16.2. The fraction of sp³-hybridized carbons (Fsp3) is 0.250. The Morgan fingerprint density at radius 3 is 2.83 bits per heavy atom. The van der Waals surface area contributed by atoms with Gasteiger partial charge in [0.2, 0.25) is 0 Å². The summed E-state index contributed by atoms with van der Waals surface area (Å²) in [6.45, 7) is 1.00. The molecule has 1 saturated heterocycles. The molecule has 4 rings (SSSR count). The summed E-state index contributed by atoms with van der Waals surface area (Å²) in [5.41, 5.74) is 1.02. The van der Waals surface area contributed by atoms with Crippen molar-refractivity contribution in [3.05, 3.63) is 48.3 Å². The average molecular weight is 434 g/mol. The molecule has 1 aromatic heterocycles. The number of anilines is 3. The zero-order chi connectivity index (χ0) is 21.3. The normalized spacial score (nSPS) is 18.2. The van der Waals surface area contributed by atoms with Crippen LogP contribution in [0.1, 0.15) is 6.42 Å². The second-order valence-electron chi connectivity index (χ2n) is 7.05.